The van der Waals surface area contributed by atoms with Crippen LogP contribution in [-0.4, -0.2) is 269 Å². The zero-order valence-corrected chi connectivity index (χ0v) is 58.4. The number of ketones is 1. The lowest BCUT2D eigenvalue weighted by atomic mass is 9.33. The Kier molecular flexibility index (Phi) is 22.7. The van der Waals surface area contributed by atoms with Gasteiger partial charge in [-0.15, -0.1) is 0 Å². The number of phenols is 1. The van der Waals surface area contributed by atoms with Crippen molar-refractivity contribution in [2.75, 3.05) is 26.9 Å². The summed E-state index contributed by atoms with van der Waals surface area (Å²) in [4.78, 5) is 27.5. The van der Waals surface area contributed by atoms with Gasteiger partial charge >= 0.3 is 5.97 Å². The fourth-order valence-corrected chi connectivity index (χ4v) is 19.1. The molecule has 0 aromatic heterocycles. The van der Waals surface area contributed by atoms with Gasteiger partial charge in [0.1, 0.15) is 108 Å². The van der Waals surface area contributed by atoms with E-state index in [1.54, 1.807) is 43.3 Å². The smallest absolute Gasteiger partial charge is 0.317 e. The van der Waals surface area contributed by atoms with Gasteiger partial charge in [0, 0.05) is 11.6 Å². The largest absolute Gasteiger partial charge is 0.507 e. The van der Waals surface area contributed by atoms with Crippen molar-refractivity contribution in [3.8, 4) is 11.5 Å². The molecule has 2 aromatic carbocycles. The minimum absolute atomic E-state index is 0.0711. The van der Waals surface area contributed by atoms with E-state index in [4.69, 9.17) is 52.1 Å². The highest BCUT2D eigenvalue weighted by Crippen LogP contribution is 2.76. The monoisotopic (exact) mass is 1420 g/mol. The van der Waals surface area contributed by atoms with Gasteiger partial charge in [-0.3, -0.25) is 9.59 Å². The molecule has 0 bridgehead atoms. The summed E-state index contributed by atoms with van der Waals surface area (Å²) in [5.41, 5.74) is -1.45. The Hall–Kier alpha value is -4.00. The molecule has 5 aliphatic heterocycles. The van der Waals surface area contributed by atoms with Crippen LogP contribution in [0.25, 0.3) is 0 Å². The third kappa shape index (κ3) is 13.7. The minimum Gasteiger partial charge on any atom is -0.507 e. The van der Waals surface area contributed by atoms with Gasteiger partial charge in [0.2, 0.25) is 6.29 Å². The highest BCUT2D eigenvalue weighted by atomic mass is 16.8. The Labute approximate surface area is 581 Å². The molecular formula is C72H106O28. The number of hydrogen-bond acceptors (Lipinski definition) is 28. The first kappa shape index (κ1) is 77.1. The summed E-state index contributed by atoms with van der Waals surface area (Å²) in [7, 11) is 1.51. The molecule has 10 aliphatic rings. The van der Waals surface area contributed by atoms with Crippen molar-refractivity contribution in [3.05, 3.63) is 71.3 Å². The van der Waals surface area contributed by atoms with E-state index < -0.39 is 195 Å². The number of benzene rings is 2. The van der Waals surface area contributed by atoms with E-state index in [0.717, 1.165) is 24.8 Å². The molecule has 32 atom stereocenters. The van der Waals surface area contributed by atoms with Crippen LogP contribution >= 0.6 is 0 Å². The Morgan fingerprint density at radius 2 is 1.14 bits per heavy atom. The number of methoxy groups -OCH3 is 1. The lowest BCUT2D eigenvalue weighted by Gasteiger charge is -2.71. The van der Waals surface area contributed by atoms with Crippen molar-refractivity contribution in [3.63, 3.8) is 0 Å². The highest BCUT2D eigenvalue weighted by molar-refractivity contribution is 6.10. The van der Waals surface area contributed by atoms with Crippen LogP contribution in [0.5, 0.6) is 11.5 Å². The first-order valence-corrected chi connectivity index (χ1v) is 35.2. The van der Waals surface area contributed by atoms with Gasteiger partial charge in [-0.1, -0.05) is 90.4 Å². The third-order valence-electron chi connectivity index (χ3n) is 25.2. The zero-order chi connectivity index (χ0) is 72.8. The van der Waals surface area contributed by atoms with E-state index >= 15 is 4.79 Å². The van der Waals surface area contributed by atoms with Crippen molar-refractivity contribution in [2.24, 2.45) is 50.2 Å². The van der Waals surface area contributed by atoms with E-state index in [1.165, 1.54) is 20.1 Å². The number of aliphatic hydroxyl groups excluding tert-OH is 14. The molecule has 0 spiro atoms. The molecule has 0 amide bonds. The Balaban J connectivity index is 0.000000516. The number of esters is 1. The maximum absolute atomic E-state index is 15.4. The van der Waals surface area contributed by atoms with Crippen LogP contribution in [0.4, 0.5) is 0 Å². The average molecular weight is 1420 g/mol. The molecule has 5 heterocycles. The summed E-state index contributed by atoms with van der Waals surface area (Å²) in [5, 5.41) is 162. The van der Waals surface area contributed by atoms with Crippen molar-refractivity contribution < 1.29 is 138 Å². The van der Waals surface area contributed by atoms with Gasteiger partial charge in [0.05, 0.1) is 56.9 Å². The molecular weight excluding hydrogens is 1310 g/mol. The number of rotatable bonds is 14. The van der Waals surface area contributed by atoms with Crippen LogP contribution in [0, 0.1) is 50.2 Å². The molecule has 2 aromatic rings. The van der Waals surface area contributed by atoms with Crippen LogP contribution in [-0.2, 0) is 52.2 Å². The molecule has 28 heteroatoms. The maximum atomic E-state index is 15.4. The Morgan fingerprint density at radius 1 is 0.570 bits per heavy atom. The van der Waals surface area contributed by atoms with Gasteiger partial charge in [-0.25, -0.2) is 0 Å². The predicted molar refractivity (Wildman–Crippen MR) is 347 cm³/mol. The molecule has 5 saturated heterocycles. The van der Waals surface area contributed by atoms with E-state index in [-0.39, 0.29) is 64.6 Å². The third-order valence-corrected chi connectivity index (χ3v) is 25.2. The van der Waals surface area contributed by atoms with Crippen molar-refractivity contribution >= 4 is 11.8 Å². The fourth-order valence-electron chi connectivity index (χ4n) is 19.1. The van der Waals surface area contributed by atoms with Crippen LogP contribution in [0.1, 0.15) is 136 Å². The number of ether oxygens (including phenoxy) is 11. The first-order valence-electron chi connectivity index (χ1n) is 35.2. The fraction of sp³-hybridized carbons (Fsp3) is 0.778. The SMILES string of the molecule is CC1OC(OC2CCC3(C)C(CCC4(C)C3CC=C3C5CC(C)(C)CCC5(C(=O)OC5OCC(O)C(O)C5OC5OC(C)C(OC6OC(CO)C(O)C(O)C6O)C(O)C5O)C(O)CC34C)C2(C)C)C(O)C(O)C1OC1OCC(O)C(O)C1O.COc1ccc(C(=O)c2ccccc2)c(O)c1. The number of carbonyl (C=O) groups is 2. The molecule has 100 heavy (non-hydrogen) atoms. The van der Waals surface area contributed by atoms with Gasteiger partial charge in [-0.2, -0.15) is 0 Å². The molecule has 9 fully saturated rings. The van der Waals surface area contributed by atoms with E-state index in [2.05, 4.69) is 54.5 Å². The summed E-state index contributed by atoms with van der Waals surface area (Å²) in [5.74, 6) is -0.756. The summed E-state index contributed by atoms with van der Waals surface area (Å²) >= 11 is 0. The lowest BCUT2D eigenvalue weighted by Crippen LogP contribution is -2.68. The molecule has 4 saturated carbocycles. The number of allylic oxidation sites excluding steroid dienone is 2. The molecule has 32 unspecified atom stereocenters. The lowest BCUT2D eigenvalue weighted by molar-refractivity contribution is -0.374. The van der Waals surface area contributed by atoms with E-state index in [1.807, 2.05) is 6.07 Å². The maximum Gasteiger partial charge on any atom is 0.317 e. The predicted octanol–water partition coefficient (Wildman–Crippen LogP) is 0.725. The quantitative estimate of drug-likeness (QED) is 0.0536. The number of aliphatic hydroxyl groups is 14. The number of aromatic hydroxyl groups is 1. The Morgan fingerprint density at radius 3 is 1.76 bits per heavy atom. The topological polar surface area (TPSA) is 439 Å². The van der Waals surface area contributed by atoms with Crippen LogP contribution < -0.4 is 4.74 Å². The van der Waals surface area contributed by atoms with Gasteiger partial charge in [0.25, 0.3) is 0 Å². The second-order valence-corrected chi connectivity index (χ2v) is 31.8. The second-order valence-electron chi connectivity index (χ2n) is 31.8. The number of hydrogen-bond donors (Lipinski definition) is 15. The van der Waals surface area contributed by atoms with E-state index in [9.17, 15) is 81.4 Å². The molecule has 12 rings (SSSR count). The van der Waals surface area contributed by atoms with E-state index in [0.29, 0.717) is 37.0 Å². The second kappa shape index (κ2) is 29.4. The average Bonchev–Trinajstić information content (AvgIpc) is 0.671. The molecule has 5 aliphatic carbocycles. The van der Waals surface area contributed by atoms with Gasteiger partial charge in [0.15, 0.2) is 37.0 Å². The van der Waals surface area contributed by atoms with Crippen LogP contribution in [0.15, 0.2) is 60.2 Å². The minimum atomic E-state index is -1.93. The van der Waals surface area contributed by atoms with Crippen molar-refractivity contribution in [1.82, 2.24) is 0 Å². The van der Waals surface area contributed by atoms with Crippen LogP contribution in [0.2, 0.25) is 0 Å². The normalized spacial score (nSPS) is 47.5. The van der Waals surface area contributed by atoms with Crippen molar-refractivity contribution in [1.29, 1.82) is 0 Å². The van der Waals surface area contributed by atoms with Gasteiger partial charge < -0.3 is 129 Å². The standard InChI is InChI=1S/C58H94O25.C14H12O3/c1-23-44(80-47-40(69)34(63)27(60)21-74-47)38(67)42(71)48(76-23)79-33-13-14-55(7)30(54(33,5)6)12-15-56(8)31(55)11-10-25-26-18-53(3,4)16-17-58(26,32(62)19-57(25,56)9)52(73)83-51-46(35(64)28(61)22-75-51)82-49-43(72)39(68)45(24(2)77-49)81-50-41(70)37(66)36(65)29(20-59)78-50;1-17-11-7-8-12(13(15)9-11)14(16)10-5-3-2-4-6-10/h10,23-24,26-51,59-72H,11-22H2,1-9H3;2-9,15H,1H3. The zero-order valence-electron chi connectivity index (χ0n) is 58.4. The summed E-state index contributed by atoms with van der Waals surface area (Å²) in [6.07, 6.45) is -29.2. The highest BCUT2D eigenvalue weighted by Gasteiger charge is 2.72. The molecule has 15 N–H and O–H groups in total. The molecule has 0 radical (unpaired) electrons. The Bertz CT molecular complexity index is 3190. The number of phenolic OH excluding ortho intramolecular Hbond substituents is 1. The van der Waals surface area contributed by atoms with Gasteiger partial charge in [-0.05, 0) is 129 Å². The molecule has 28 nitrogen and oxygen atoms in total. The van der Waals surface area contributed by atoms with Crippen molar-refractivity contribution in [2.45, 2.75) is 274 Å². The van der Waals surface area contributed by atoms with Crippen LogP contribution in [0.3, 0.4) is 0 Å². The summed E-state index contributed by atoms with van der Waals surface area (Å²) in [6.45, 7) is 17.2. The number of carbonyl (C=O) groups excluding carboxylic acids is 2. The summed E-state index contributed by atoms with van der Waals surface area (Å²) < 4.78 is 64.6. The summed E-state index contributed by atoms with van der Waals surface area (Å²) in [6, 6.07) is 13.5. The molecule has 562 valence electrons. The first-order chi connectivity index (χ1) is 47.0. The number of fused-ring (bicyclic) bond motifs is 7.